The number of carboxylic acids is 1. The number of benzene rings is 1. The van der Waals surface area contributed by atoms with Crippen LogP contribution in [0.3, 0.4) is 0 Å². The van der Waals surface area contributed by atoms with E-state index in [1.165, 1.54) is 12.1 Å². The van der Waals surface area contributed by atoms with Crippen LogP contribution in [0.1, 0.15) is 25.3 Å². The molecule has 0 radical (unpaired) electrons. The molecule has 0 saturated carbocycles. The summed E-state index contributed by atoms with van der Waals surface area (Å²) in [7, 11) is 0. The van der Waals surface area contributed by atoms with Crippen LogP contribution >= 0.6 is 0 Å². The van der Waals surface area contributed by atoms with E-state index in [1.54, 1.807) is 30.0 Å². The van der Waals surface area contributed by atoms with Gasteiger partial charge in [0.15, 0.2) is 0 Å². The molecule has 5 heteroatoms. The Bertz CT molecular complexity index is 478. The predicted molar refractivity (Wildman–Crippen MR) is 71.8 cm³/mol. The number of carboxylic acid groups (broad SMARTS) is 1. The van der Waals surface area contributed by atoms with Crippen LogP contribution in [-0.2, 0) is 10.7 Å². The minimum Gasteiger partial charge on any atom is -0.481 e. The number of aliphatic carboxylic acids is 1. The first kappa shape index (κ1) is 14.9. The maximum Gasteiger partial charge on any atom is 0.310 e. The third-order valence-electron chi connectivity index (χ3n) is 4.18. The van der Waals surface area contributed by atoms with Crippen molar-refractivity contribution >= 4 is 5.97 Å². The Morgan fingerprint density at radius 3 is 2.55 bits per heavy atom. The third kappa shape index (κ3) is 2.82. The summed E-state index contributed by atoms with van der Waals surface area (Å²) in [6.07, 6.45) is 0.902. The summed E-state index contributed by atoms with van der Waals surface area (Å²) < 4.78 is 28.4. The van der Waals surface area contributed by atoms with Crippen LogP contribution in [0.25, 0.3) is 0 Å². The Kier molecular flexibility index (Phi) is 4.09. The maximum atomic E-state index is 14.2. The number of alkyl halides is 2. The number of likely N-dealkylation sites (tertiary alicyclic amines) is 1. The molecule has 0 spiro atoms. The van der Waals surface area contributed by atoms with Crippen molar-refractivity contribution in [1.82, 2.24) is 4.90 Å². The van der Waals surface area contributed by atoms with Gasteiger partial charge in [-0.3, -0.25) is 9.69 Å². The molecule has 1 aliphatic rings. The number of hydrogen-bond acceptors (Lipinski definition) is 2. The Hall–Kier alpha value is -1.49. The summed E-state index contributed by atoms with van der Waals surface area (Å²) in [5, 5.41) is 9.28. The molecule has 0 amide bonds. The quantitative estimate of drug-likeness (QED) is 0.903. The Morgan fingerprint density at radius 2 is 2.05 bits per heavy atom. The number of hydrogen-bond donors (Lipinski definition) is 1. The van der Waals surface area contributed by atoms with E-state index in [0.717, 1.165) is 0 Å². The molecule has 1 unspecified atom stereocenters. The largest absolute Gasteiger partial charge is 0.481 e. The second kappa shape index (κ2) is 5.48. The van der Waals surface area contributed by atoms with Gasteiger partial charge in [-0.1, -0.05) is 37.3 Å². The topological polar surface area (TPSA) is 40.5 Å². The summed E-state index contributed by atoms with van der Waals surface area (Å²) in [6.45, 7) is 1.98. The predicted octanol–water partition coefficient (Wildman–Crippen LogP) is 2.97. The molecule has 1 saturated heterocycles. The minimum atomic E-state index is -2.95. The molecule has 1 aromatic carbocycles. The summed E-state index contributed by atoms with van der Waals surface area (Å²) in [6, 6.07) is 7.67. The number of nitrogens with zero attached hydrogens (tertiary/aromatic N) is 1. The maximum absolute atomic E-state index is 14.2. The van der Waals surface area contributed by atoms with Crippen molar-refractivity contribution < 1.29 is 18.7 Å². The van der Waals surface area contributed by atoms with E-state index in [1.807, 2.05) is 0 Å². The first-order chi connectivity index (χ1) is 9.39. The zero-order valence-electron chi connectivity index (χ0n) is 11.5. The van der Waals surface area contributed by atoms with Gasteiger partial charge in [-0.15, -0.1) is 0 Å². The lowest BCUT2D eigenvalue weighted by molar-refractivity contribution is -0.148. The van der Waals surface area contributed by atoms with Crippen LogP contribution < -0.4 is 0 Å². The zero-order valence-corrected chi connectivity index (χ0v) is 11.5. The SMILES string of the molecule is CCC1(C(=O)O)CCN(CC(F)(F)c2ccccc2)C1. The summed E-state index contributed by atoms with van der Waals surface area (Å²) in [5.74, 6) is -3.84. The first-order valence-corrected chi connectivity index (χ1v) is 6.79. The summed E-state index contributed by atoms with van der Waals surface area (Å²) in [5.41, 5.74) is -0.892. The van der Waals surface area contributed by atoms with Crippen molar-refractivity contribution in [1.29, 1.82) is 0 Å². The highest BCUT2D eigenvalue weighted by Crippen LogP contribution is 2.37. The van der Waals surface area contributed by atoms with E-state index >= 15 is 0 Å². The molecule has 1 fully saturated rings. The molecule has 20 heavy (non-hydrogen) atoms. The third-order valence-corrected chi connectivity index (χ3v) is 4.18. The van der Waals surface area contributed by atoms with Crippen molar-refractivity contribution in [3.8, 4) is 0 Å². The smallest absolute Gasteiger partial charge is 0.310 e. The molecule has 1 N–H and O–H groups in total. The van der Waals surface area contributed by atoms with Crippen molar-refractivity contribution in [2.75, 3.05) is 19.6 Å². The Balaban J connectivity index is 2.07. The van der Waals surface area contributed by atoms with Gasteiger partial charge in [0.25, 0.3) is 5.92 Å². The van der Waals surface area contributed by atoms with Gasteiger partial charge < -0.3 is 5.11 Å². The fourth-order valence-electron chi connectivity index (χ4n) is 2.76. The van der Waals surface area contributed by atoms with Gasteiger partial charge in [-0.25, -0.2) is 0 Å². The van der Waals surface area contributed by atoms with Crippen molar-refractivity contribution in [3.63, 3.8) is 0 Å². The van der Waals surface area contributed by atoms with Crippen LogP contribution in [0.2, 0.25) is 0 Å². The van der Waals surface area contributed by atoms with E-state index in [-0.39, 0.29) is 12.1 Å². The Labute approximate surface area is 117 Å². The molecule has 110 valence electrons. The van der Waals surface area contributed by atoms with Crippen molar-refractivity contribution in [2.24, 2.45) is 5.41 Å². The van der Waals surface area contributed by atoms with Crippen molar-refractivity contribution in [3.05, 3.63) is 35.9 Å². The molecule has 1 aromatic rings. The molecule has 1 aliphatic heterocycles. The second-order valence-electron chi connectivity index (χ2n) is 5.47. The number of rotatable bonds is 5. The lowest BCUT2D eigenvalue weighted by Gasteiger charge is -2.26. The monoisotopic (exact) mass is 283 g/mol. The molecule has 0 bridgehead atoms. The average Bonchev–Trinajstić information content (AvgIpc) is 2.84. The van der Waals surface area contributed by atoms with Crippen LogP contribution in [0.5, 0.6) is 0 Å². The van der Waals surface area contributed by atoms with Crippen LogP contribution in [-0.4, -0.2) is 35.6 Å². The molecule has 3 nitrogen and oxygen atoms in total. The highest BCUT2D eigenvalue weighted by molar-refractivity contribution is 5.75. The highest BCUT2D eigenvalue weighted by atomic mass is 19.3. The molecule has 1 atom stereocenters. The fourth-order valence-corrected chi connectivity index (χ4v) is 2.76. The lowest BCUT2D eigenvalue weighted by Crippen LogP contribution is -2.38. The van der Waals surface area contributed by atoms with Gasteiger partial charge in [0, 0.05) is 12.1 Å². The normalized spacial score (nSPS) is 23.9. The summed E-state index contributed by atoms with van der Waals surface area (Å²) >= 11 is 0. The lowest BCUT2D eigenvalue weighted by atomic mass is 9.84. The number of halogens is 2. The van der Waals surface area contributed by atoms with E-state index in [4.69, 9.17) is 0 Å². The molecule has 0 aromatic heterocycles. The Morgan fingerprint density at radius 1 is 1.40 bits per heavy atom. The molecule has 1 heterocycles. The second-order valence-corrected chi connectivity index (χ2v) is 5.47. The van der Waals surface area contributed by atoms with Crippen molar-refractivity contribution in [2.45, 2.75) is 25.7 Å². The van der Waals surface area contributed by atoms with E-state index in [0.29, 0.717) is 19.4 Å². The molecule has 2 rings (SSSR count). The van der Waals surface area contributed by atoms with E-state index < -0.39 is 23.9 Å². The minimum absolute atomic E-state index is 0.0238. The standard InChI is InChI=1S/C15H19F2NO2/c1-2-14(13(19)20)8-9-18(10-14)11-15(16,17)12-6-4-3-5-7-12/h3-7H,2,8-11H2,1H3,(H,19,20). The van der Waals surface area contributed by atoms with Gasteiger partial charge in [0.1, 0.15) is 0 Å². The van der Waals surface area contributed by atoms with Gasteiger partial charge >= 0.3 is 5.97 Å². The molecule has 0 aliphatic carbocycles. The fraction of sp³-hybridized carbons (Fsp3) is 0.533. The van der Waals surface area contributed by atoms with Crippen LogP contribution in [0.15, 0.2) is 30.3 Å². The van der Waals surface area contributed by atoms with Crippen LogP contribution in [0.4, 0.5) is 8.78 Å². The highest BCUT2D eigenvalue weighted by Gasteiger charge is 2.46. The van der Waals surface area contributed by atoms with E-state index in [2.05, 4.69) is 0 Å². The summed E-state index contributed by atoms with van der Waals surface area (Å²) in [4.78, 5) is 12.9. The van der Waals surface area contributed by atoms with Gasteiger partial charge in [0.05, 0.1) is 12.0 Å². The molecular weight excluding hydrogens is 264 g/mol. The van der Waals surface area contributed by atoms with E-state index in [9.17, 15) is 18.7 Å². The van der Waals surface area contributed by atoms with Gasteiger partial charge in [-0.2, -0.15) is 8.78 Å². The van der Waals surface area contributed by atoms with Crippen LogP contribution in [0, 0.1) is 5.41 Å². The molecular formula is C15H19F2NO2. The zero-order chi connectivity index (χ0) is 14.8. The van der Waals surface area contributed by atoms with Gasteiger partial charge in [-0.05, 0) is 19.4 Å². The number of carbonyl (C=O) groups is 1. The first-order valence-electron chi connectivity index (χ1n) is 6.79. The van der Waals surface area contributed by atoms with Gasteiger partial charge in [0.2, 0.25) is 0 Å². The average molecular weight is 283 g/mol.